The molecule has 6 heteroatoms. The predicted octanol–water partition coefficient (Wildman–Crippen LogP) is 1.40. The summed E-state index contributed by atoms with van der Waals surface area (Å²) in [5.41, 5.74) is 2.78. The molecule has 2 heterocycles. The molecule has 1 N–H and O–H groups in total. The van der Waals surface area contributed by atoms with Crippen LogP contribution in [0.15, 0.2) is 18.2 Å². The molecule has 2 saturated heterocycles. The van der Waals surface area contributed by atoms with Crippen LogP contribution < -0.4 is 5.32 Å². The van der Waals surface area contributed by atoms with E-state index in [1.165, 1.54) is 0 Å². The van der Waals surface area contributed by atoms with E-state index in [9.17, 15) is 9.59 Å². The number of hydrogen-bond donors (Lipinski definition) is 1. The predicted molar refractivity (Wildman–Crippen MR) is 88.7 cm³/mol. The third kappa shape index (κ3) is 3.60. The molecule has 2 aliphatic heterocycles. The van der Waals surface area contributed by atoms with Gasteiger partial charge in [0.25, 0.3) is 5.91 Å². The molecule has 2 amide bonds. The Bertz CT molecular complexity index is 628. The highest BCUT2D eigenvalue weighted by Gasteiger charge is 2.40. The van der Waals surface area contributed by atoms with Gasteiger partial charge in [0.15, 0.2) is 5.79 Å². The zero-order chi connectivity index (χ0) is 17.2. The van der Waals surface area contributed by atoms with E-state index in [2.05, 4.69) is 5.32 Å². The maximum atomic E-state index is 12.3. The molecule has 1 aromatic carbocycles. The molecule has 0 atom stereocenters. The normalized spacial score (nSPS) is 19.5. The number of rotatable bonds is 3. The minimum Gasteiger partial charge on any atom is -0.347 e. The molecule has 2 aliphatic rings. The summed E-state index contributed by atoms with van der Waals surface area (Å²) < 4.78 is 11.3. The van der Waals surface area contributed by atoms with Crippen molar-refractivity contribution in [2.24, 2.45) is 0 Å². The van der Waals surface area contributed by atoms with Crippen LogP contribution in [0.1, 0.15) is 34.3 Å². The van der Waals surface area contributed by atoms with Crippen molar-refractivity contribution in [2.45, 2.75) is 32.5 Å². The summed E-state index contributed by atoms with van der Waals surface area (Å²) >= 11 is 0. The lowest BCUT2D eigenvalue weighted by atomic mass is 10.0. The minimum atomic E-state index is -0.487. The molecular weight excluding hydrogens is 308 g/mol. The molecular formula is C18H24N2O4. The fourth-order valence-corrected chi connectivity index (χ4v) is 3.13. The van der Waals surface area contributed by atoms with Crippen molar-refractivity contribution >= 4 is 11.8 Å². The Kier molecular flexibility index (Phi) is 4.87. The quantitative estimate of drug-likeness (QED) is 0.908. The number of piperidine rings is 1. The monoisotopic (exact) mass is 332 g/mol. The molecule has 0 unspecified atom stereocenters. The van der Waals surface area contributed by atoms with Gasteiger partial charge in [-0.2, -0.15) is 0 Å². The van der Waals surface area contributed by atoms with Gasteiger partial charge in [0.2, 0.25) is 5.91 Å². The van der Waals surface area contributed by atoms with Crippen molar-refractivity contribution < 1.29 is 19.1 Å². The van der Waals surface area contributed by atoms with Gasteiger partial charge in [-0.25, -0.2) is 0 Å². The standard InChI is InChI=1S/C18H24N2O4/c1-13-3-4-15(11-14(13)2)17(22)19-12-16(21)20-7-5-18(6-8-20)23-9-10-24-18/h3-4,11H,5-10,12H2,1-2H3,(H,19,22). The maximum absolute atomic E-state index is 12.3. The maximum Gasteiger partial charge on any atom is 0.251 e. The minimum absolute atomic E-state index is 0.0144. The first-order valence-electron chi connectivity index (χ1n) is 8.40. The third-order valence-corrected chi connectivity index (χ3v) is 4.86. The van der Waals surface area contributed by atoms with Gasteiger partial charge in [-0.1, -0.05) is 6.07 Å². The summed E-state index contributed by atoms with van der Waals surface area (Å²) in [7, 11) is 0. The molecule has 0 bridgehead atoms. The second kappa shape index (κ2) is 6.91. The van der Waals surface area contributed by atoms with Crippen molar-refractivity contribution in [3.05, 3.63) is 34.9 Å². The van der Waals surface area contributed by atoms with Crippen LogP contribution in [0.3, 0.4) is 0 Å². The molecule has 0 radical (unpaired) electrons. The van der Waals surface area contributed by atoms with Gasteiger partial charge >= 0.3 is 0 Å². The lowest BCUT2D eigenvalue weighted by Gasteiger charge is -2.37. The van der Waals surface area contributed by atoms with Gasteiger partial charge in [0.05, 0.1) is 19.8 Å². The van der Waals surface area contributed by atoms with Crippen molar-refractivity contribution in [1.82, 2.24) is 10.2 Å². The average molecular weight is 332 g/mol. The number of likely N-dealkylation sites (tertiary alicyclic amines) is 1. The molecule has 130 valence electrons. The number of carbonyl (C=O) groups is 2. The van der Waals surface area contributed by atoms with E-state index in [4.69, 9.17) is 9.47 Å². The van der Waals surface area contributed by atoms with Crippen LogP contribution in [0.2, 0.25) is 0 Å². The highest BCUT2D eigenvalue weighted by molar-refractivity contribution is 5.96. The summed E-state index contributed by atoms with van der Waals surface area (Å²) in [6.07, 6.45) is 1.37. The van der Waals surface area contributed by atoms with Crippen LogP contribution in [0, 0.1) is 13.8 Å². The topological polar surface area (TPSA) is 67.9 Å². The first kappa shape index (κ1) is 16.9. The molecule has 0 aromatic heterocycles. The third-order valence-electron chi connectivity index (χ3n) is 4.86. The molecule has 24 heavy (non-hydrogen) atoms. The van der Waals surface area contributed by atoms with Gasteiger partial charge in [0.1, 0.15) is 0 Å². The number of hydrogen-bond acceptors (Lipinski definition) is 4. The summed E-state index contributed by atoms with van der Waals surface area (Å²) in [4.78, 5) is 26.2. The summed E-state index contributed by atoms with van der Waals surface area (Å²) in [5, 5.41) is 2.71. The Morgan fingerprint density at radius 3 is 2.42 bits per heavy atom. The largest absolute Gasteiger partial charge is 0.347 e. The Hall–Kier alpha value is -1.92. The van der Waals surface area contributed by atoms with Gasteiger partial charge in [-0.05, 0) is 37.1 Å². The van der Waals surface area contributed by atoms with Crippen molar-refractivity contribution in [3.63, 3.8) is 0 Å². The van der Waals surface area contributed by atoms with E-state index >= 15 is 0 Å². The molecule has 0 saturated carbocycles. The summed E-state index contributed by atoms with van der Waals surface area (Å²) in [6, 6.07) is 5.54. The molecule has 6 nitrogen and oxygen atoms in total. The Labute approximate surface area is 142 Å². The highest BCUT2D eigenvalue weighted by atomic mass is 16.7. The van der Waals surface area contributed by atoms with Gasteiger partial charge < -0.3 is 19.7 Å². The van der Waals surface area contributed by atoms with Crippen LogP contribution >= 0.6 is 0 Å². The van der Waals surface area contributed by atoms with Crippen molar-refractivity contribution in [1.29, 1.82) is 0 Å². The first-order chi connectivity index (χ1) is 11.5. The van der Waals surface area contributed by atoms with E-state index in [1.807, 2.05) is 26.0 Å². The number of nitrogens with zero attached hydrogens (tertiary/aromatic N) is 1. The smallest absolute Gasteiger partial charge is 0.251 e. The first-order valence-corrected chi connectivity index (χ1v) is 8.40. The fourth-order valence-electron chi connectivity index (χ4n) is 3.13. The van der Waals surface area contributed by atoms with E-state index in [0.717, 1.165) is 11.1 Å². The highest BCUT2D eigenvalue weighted by Crippen LogP contribution is 2.31. The Balaban J connectivity index is 1.48. The molecule has 2 fully saturated rings. The zero-order valence-electron chi connectivity index (χ0n) is 14.3. The van der Waals surface area contributed by atoms with Crippen molar-refractivity contribution in [2.75, 3.05) is 32.8 Å². The molecule has 0 aliphatic carbocycles. The van der Waals surface area contributed by atoms with Gasteiger partial charge in [0, 0.05) is 31.5 Å². The number of carbonyl (C=O) groups excluding carboxylic acids is 2. The van der Waals surface area contributed by atoms with Crippen LogP contribution in [-0.2, 0) is 14.3 Å². The van der Waals surface area contributed by atoms with E-state index in [0.29, 0.717) is 44.7 Å². The van der Waals surface area contributed by atoms with Crippen molar-refractivity contribution in [3.8, 4) is 0 Å². The summed E-state index contributed by atoms with van der Waals surface area (Å²) in [6.45, 7) is 6.42. The summed E-state index contributed by atoms with van der Waals surface area (Å²) in [5.74, 6) is -0.776. The second-order valence-corrected chi connectivity index (χ2v) is 6.47. The van der Waals surface area contributed by atoms with Crippen LogP contribution in [0.25, 0.3) is 0 Å². The van der Waals surface area contributed by atoms with Crippen LogP contribution in [0.5, 0.6) is 0 Å². The molecule has 3 rings (SSSR count). The van der Waals surface area contributed by atoms with Crippen LogP contribution in [0.4, 0.5) is 0 Å². The SMILES string of the molecule is Cc1ccc(C(=O)NCC(=O)N2CCC3(CC2)OCCO3)cc1C. The molecule has 1 spiro atoms. The molecule has 1 aromatic rings. The Morgan fingerprint density at radius 1 is 1.12 bits per heavy atom. The number of benzene rings is 1. The number of amides is 2. The Morgan fingerprint density at radius 2 is 1.79 bits per heavy atom. The number of aryl methyl sites for hydroxylation is 2. The van der Waals surface area contributed by atoms with Gasteiger partial charge in [-0.3, -0.25) is 9.59 Å². The van der Waals surface area contributed by atoms with E-state index in [-0.39, 0.29) is 18.4 Å². The second-order valence-electron chi connectivity index (χ2n) is 6.47. The number of ether oxygens (including phenoxy) is 2. The van der Waals surface area contributed by atoms with Crippen LogP contribution in [-0.4, -0.2) is 55.3 Å². The van der Waals surface area contributed by atoms with Gasteiger partial charge in [-0.15, -0.1) is 0 Å². The lowest BCUT2D eigenvalue weighted by molar-refractivity contribution is -0.187. The van der Waals surface area contributed by atoms with E-state index < -0.39 is 5.79 Å². The zero-order valence-corrected chi connectivity index (χ0v) is 14.3. The average Bonchev–Trinajstić information content (AvgIpc) is 3.03. The fraction of sp³-hybridized carbons (Fsp3) is 0.556. The lowest BCUT2D eigenvalue weighted by Crippen LogP contribution is -2.49. The number of nitrogens with one attached hydrogen (secondary N) is 1. The van der Waals surface area contributed by atoms with E-state index in [1.54, 1.807) is 11.0 Å².